The van der Waals surface area contributed by atoms with Gasteiger partial charge in [-0.05, 0) is 32.4 Å². The highest BCUT2D eigenvalue weighted by atomic mass is 16.2. The zero-order chi connectivity index (χ0) is 14.2. The molecular weight excluding hydrogens is 224 g/mol. The Morgan fingerprint density at radius 3 is 2.28 bits per heavy atom. The zero-order valence-electron chi connectivity index (χ0n) is 13.0. The first-order valence-electron chi connectivity index (χ1n) is 6.91. The van der Waals surface area contributed by atoms with Crippen LogP contribution in [0.4, 0.5) is 0 Å². The molecule has 18 heavy (non-hydrogen) atoms. The van der Waals surface area contributed by atoms with Gasteiger partial charge in [0.05, 0.1) is 0 Å². The number of carbonyl (C=O) groups is 1. The molecule has 0 aliphatic heterocycles. The molecule has 0 saturated heterocycles. The van der Waals surface area contributed by atoms with Gasteiger partial charge in [0, 0.05) is 26.2 Å². The van der Waals surface area contributed by atoms with Crippen molar-refractivity contribution in [2.24, 2.45) is 5.41 Å². The Morgan fingerprint density at radius 1 is 1.22 bits per heavy atom. The second-order valence-electron chi connectivity index (χ2n) is 5.77. The molecule has 0 heterocycles. The largest absolute Gasteiger partial charge is 0.342 e. The molecule has 0 aliphatic rings. The van der Waals surface area contributed by atoms with Crippen molar-refractivity contribution >= 4 is 5.91 Å². The lowest BCUT2D eigenvalue weighted by Crippen LogP contribution is -2.36. The number of hydrogen-bond acceptors (Lipinski definition) is 2. The van der Waals surface area contributed by atoms with Gasteiger partial charge >= 0.3 is 0 Å². The molecule has 0 N–H and O–H groups in total. The molecule has 3 heteroatoms. The standard InChI is InChI=1S/C15H30N2O/c1-7-11-15(3,8-2)13-17(6)14(18)10-9-12-16(4)5/h9-10H,7-8,11-13H2,1-6H3/b10-9+. The van der Waals surface area contributed by atoms with Crippen molar-refractivity contribution in [2.75, 3.05) is 34.2 Å². The molecule has 0 saturated carbocycles. The van der Waals surface area contributed by atoms with Gasteiger partial charge in [0.1, 0.15) is 0 Å². The lowest BCUT2D eigenvalue weighted by molar-refractivity contribution is -0.126. The van der Waals surface area contributed by atoms with Crippen LogP contribution in [0.2, 0.25) is 0 Å². The Kier molecular flexibility index (Phi) is 7.92. The molecule has 1 amide bonds. The van der Waals surface area contributed by atoms with Crippen LogP contribution in [0.15, 0.2) is 12.2 Å². The van der Waals surface area contributed by atoms with Crippen LogP contribution in [0, 0.1) is 5.41 Å². The van der Waals surface area contributed by atoms with Gasteiger partial charge in [0.2, 0.25) is 5.91 Å². The first kappa shape index (κ1) is 17.2. The SMILES string of the molecule is CCCC(C)(CC)CN(C)C(=O)/C=C/CN(C)C. The Morgan fingerprint density at radius 2 is 1.83 bits per heavy atom. The number of rotatable bonds is 8. The predicted molar refractivity (Wildman–Crippen MR) is 78.6 cm³/mol. The molecular formula is C15H30N2O. The molecule has 1 unspecified atom stereocenters. The number of likely N-dealkylation sites (N-methyl/N-ethyl adjacent to an activating group) is 2. The summed E-state index contributed by atoms with van der Waals surface area (Å²) in [6.45, 7) is 8.31. The Labute approximate surface area is 113 Å². The molecule has 0 fully saturated rings. The molecule has 0 bridgehead atoms. The van der Waals surface area contributed by atoms with Gasteiger partial charge in [0.25, 0.3) is 0 Å². The normalized spacial score (nSPS) is 15.1. The third-order valence-electron chi connectivity index (χ3n) is 3.43. The van der Waals surface area contributed by atoms with Crippen molar-refractivity contribution in [2.45, 2.75) is 40.0 Å². The highest BCUT2D eigenvalue weighted by molar-refractivity contribution is 5.87. The number of nitrogens with zero attached hydrogens (tertiary/aromatic N) is 2. The van der Waals surface area contributed by atoms with Gasteiger partial charge in [0.15, 0.2) is 0 Å². The fourth-order valence-electron chi connectivity index (χ4n) is 2.11. The summed E-state index contributed by atoms with van der Waals surface area (Å²) in [7, 11) is 5.88. The van der Waals surface area contributed by atoms with Crippen LogP contribution >= 0.6 is 0 Å². The first-order chi connectivity index (χ1) is 8.34. The van der Waals surface area contributed by atoms with E-state index < -0.39 is 0 Å². The summed E-state index contributed by atoms with van der Waals surface area (Å²) in [5.74, 6) is 0.104. The smallest absolute Gasteiger partial charge is 0.246 e. The molecule has 0 aromatic carbocycles. The van der Waals surface area contributed by atoms with E-state index in [0.717, 1.165) is 19.5 Å². The van der Waals surface area contributed by atoms with E-state index in [0.29, 0.717) is 0 Å². The zero-order valence-corrected chi connectivity index (χ0v) is 13.0. The van der Waals surface area contributed by atoms with E-state index in [9.17, 15) is 4.79 Å². The maximum Gasteiger partial charge on any atom is 0.246 e. The van der Waals surface area contributed by atoms with E-state index in [-0.39, 0.29) is 11.3 Å². The first-order valence-corrected chi connectivity index (χ1v) is 6.91. The molecule has 0 rings (SSSR count). The Bertz CT molecular complexity index is 274. The maximum absolute atomic E-state index is 11.9. The van der Waals surface area contributed by atoms with Crippen LogP contribution in [-0.4, -0.2) is 49.9 Å². The van der Waals surface area contributed by atoms with Crippen molar-refractivity contribution in [1.82, 2.24) is 9.80 Å². The van der Waals surface area contributed by atoms with Crippen LogP contribution in [0.1, 0.15) is 40.0 Å². The second-order valence-corrected chi connectivity index (χ2v) is 5.77. The molecule has 1 atom stereocenters. The van der Waals surface area contributed by atoms with Crippen LogP contribution in [0.5, 0.6) is 0 Å². The molecule has 0 aromatic rings. The van der Waals surface area contributed by atoms with Crippen LogP contribution in [0.3, 0.4) is 0 Å². The Balaban J connectivity index is 4.33. The maximum atomic E-state index is 11.9. The lowest BCUT2D eigenvalue weighted by Gasteiger charge is -2.32. The van der Waals surface area contributed by atoms with Crippen molar-refractivity contribution in [3.05, 3.63) is 12.2 Å². The molecule has 0 radical (unpaired) electrons. The van der Waals surface area contributed by atoms with Crippen molar-refractivity contribution in [1.29, 1.82) is 0 Å². The highest BCUT2D eigenvalue weighted by Crippen LogP contribution is 2.28. The van der Waals surface area contributed by atoms with Crippen molar-refractivity contribution in [3.63, 3.8) is 0 Å². The van der Waals surface area contributed by atoms with Crippen molar-refractivity contribution in [3.8, 4) is 0 Å². The number of hydrogen-bond donors (Lipinski definition) is 0. The van der Waals surface area contributed by atoms with Gasteiger partial charge in [-0.25, -0.2) is 0 Å². The third-order valence-corrected chi connectivity index (χ3v) is 3.43. The van der Waals surface area contributed by atoms with E-state index in [1.54, 1.807) is 6.08 Å². The van der Waals surface area contributed by atoms with E-state index in [2.05, 4.69) is 20.8 Å². The summed E-state index contributed by atoms with van der Waals surface area (Å²) in [6, 6.07) is 0. The molecule has 0 aromatic heterocycles. The van der Waals surface area contributed by atoms with Gasteiger partial charge in [-0.15, -0.1) is 0 Å². The minimum Gasteiger partial charge on any atom is -0.342 e. The summed E-state index contributed by atoms with van der Waals surface area (Å²) in [5.41, 5.74) is 0.245. The van der Waals surface area contributed by atoms with Gasteiger partial charge in [-0.1, -0.05) is 33.3 Å². The summed E-state index contributed by atoms with van der Waals surface area (Å²) in [5, 5.41) is 0. The predicted octanol–water partition coefficient (Wildman–Crippen LogP) is 2.78. The average Bonchev–Trinajstić information content (AvgIpc) is 2.28. The quantitative estimate of drug-likeness (QED) is 0.622. The topological polar surface area (TPSA) is 23.6 Å². The lowest BCUT2D eigenvalue weighted by atomic mass is 9.82. The van der Waals surface area contributed by atoms with E-state index >= 15 is 0 Å². The minimum absolute atomic E-state index is 0.104. The van der Waals surface area contributed by atoms with E-state index in [1.165, 1.54) is 12.8 Å². The summed E-state index contributed by atoms with van der Waals surface area (Å²) < 4.78 is 0. The van der Waals surface area contributed by atoms with E-state index in [4.69, 9.17) is 0 Å². The molecule has 0 aliphatic carbocycles. The van der Waals surface area contributed by atoms with Crippen molar-refractivity contribution < 1.29 is 4.79 Å². The summed E-state index contributed by atoms with van der Waals surface area (Å²) in [6.07, 6.45) is 7.05. The second kappa shape index (κ2) is 8.30. The summed E-state index contributed by atoms with van der Waals surface area (Å²) >= 11 is 0. The summed E-state index contributed by atoms with van der Waals surface area (Å²) in [4.78, 5) is 15.8. The fraction of sp³-hybridized carbons (Fsp3) is 0.800. The fourth-order valence-corrected chi connectivity index (χ4v) is 2.11. The van der Waals surface area contributed by atoms with Gasteiger partial charge in [-0.3, -0.25) is 4.79 Å². The minimum atomic E-state index is 0.104. The Hall–Kier alpha value is -0.830. The monoisotopic (exact) mass is 254 g/mol. The third kappa shape index (κ3) is 6.80. The number of carbonyl (C=O) groups excluding carboxylic acids is 1. The van der Waals surface area contributed by atoms with Crippen LogP contribution < -0.4 is 0 Å². The van der Waals surface area contributed by atoms with Gasteiger partial charge < -0.3 is 9.80 Å². The molecule has 106 valence electrons. The van der Waals surface area contributed by atoms with Gasteiger partial charge in [-0.2, -0.15) is 0 Å². The number of amides is 1. The van der Waals surface area contributed by atoms with E-state index in [1.807, 2.05) is 37.0 Å². The highest BCUT2D eigenvalue weighted by Gasteiger charge is 2.24. The molecule has 0 spiro atoms. The van der Waals surface area contributed by atoms with Crippen LogP contribution in [-0.2, 0) is 4.79 Å². The average molecular weight is 254 g/mol. The molecule has 3 nitrogen and oxygen atoms in total. The van der Waals surface area contributed by atoms with Crippen LogP contribution in [0.25, 0.3) is 0 Å².